The first-order chi connectivity index (χ1) is 25.8. The van der Waals surface area contributed by atoms with Gasteiger partial charge in [-0.15, -0.1) is 0 Å². The Morgan fingerprint density at radius 2 is 1.12 bits per heavy atom. The molecule has 0 atom stereocenters. The fraction of sp³-hybridized carbons (Fsp3) is 0. The SMILES string of the molecule is c1ccc(-n2c3ccccc3c3cc(-c4ccc5c(c4)c4ccc6ccccc6c4n5-c4ncc5c6c(cccc46)-c4cnccc4-5)ccc32)cc1. The molecule has 7 aromatic carbocycles. The van der Waals surface area contributed by atoms with E-state index in [1.165, 1.54) is 93.3 Å². The summed E-state index contributed by atoms with van der Waals surface area (Å²) < 4.78 is 4.77. The van der Waals surface area contributed by atoms with Gasteiger partial charge in [-0.3, -0.25) is 9.55 Å². The molecule has 0 fully saturated rings. The highest BCUT2D eigenvalue weighted by Crippen LogP contribution is 2.48. The summed E-state index contributed by atoms with van der Waals surface area (Å²) in [5.74, 6) is 0.945. The molecule has 4 aromatic heterocycles. The van der Waals surface area contributed by atoms with E-state index in [-0.39, 0.29) is 0 Å². The number of rotatable bonds is 3. The maximum absolute atomic E-state index is 5.27. The van der Waals surface area contributed by atoms with Gasteiger partial charge in [0, 0.05) is 73.1 Å². The van der Waals surface area contributed by atoms with Crippen LogP contribution < -0.4 is 0 Å². The topological polar surface area (TPSA) is 35.6 Å². The van der Waals surface area contributed by atoms with E-state index in [2.05, 4.69) is 172 Å². The van der Waals surface area contributed by atoms with Crippen LogP contribution in [0, 0.1) is 0 Å². The lowest BCUT2D eigenvalue weighted by molar-refractivity contribution is 1.11. The molecule has 1 aliphatic carbocycles. The first-order valence-corrected chi connectivity index (χ1v) is 17.7. The van der Waals surface area contributed by atoms with Crippen molar-refractivity contribution >= 4 is 65.2 Å². The zero-order valence-electron chi connectivity index (χ0n) is 28.0. The fourth-order valence-corrected chi connectivity index (χ4v) is 8.93. The summed E-state index contributed by atoms with van der Waals surface area (Å²) >= 11 is 0. The normalized spacial score (nSPS) is 12.2. The van der Waals surface area contributed by atoms with Gasteiger partial charge in [0.2, 0.25) is 0 Å². The number of nitrogens with zero attached hydrogens (tertiary/aromatic N) is 4. The molecule has 0 saturated heterocycles. The van der Waals surface area contributed by atoms with Gasteiger partial charge < -0.3 is 4.57 Å². The van der Waals surface area contributed by atoms with Crippen LogP contribution in [0.15, 0.2) is 170 Å². The molecule has 0 N–H and O–H groups in total. The van der Waals surface area contributed by atoms with Crippen molar-refractivity contribution in [2.45, 2.75) is 0 Å². The number of para-hydroxylation sites is 2. The molecule has 0 unspecified atom stereocenters. The molecule has 0 bridgehead atoms. The van der Waals surface area contributed by atoms with Crippen LogP contribution >= 0.6 is 0 Å². The summed E-state index contributed by atoms with van der Waals surface area (Å²) in [7, 11) is 0. The number of aromatic nitrogens is 4. The van der Waals surface area contributed by atoms with Crippen molar-refractivity contribution in [3.63, 3.8) is 0 Å². The zero-order chi connectivity index (χ0) is 33.9. The van der Waals surface area contributed by atoms with Gasteiger partial charge in [0.15, 0.2) is 0 Å². The molecule has 4 heterocycles. The molecule has 11 aromatic rings. The van der Waals surface area contributed by atoms with Crippen LogP contribution in [0.25, 0.3) is 110 Å². The average Bonchev–Trinajstić information content (AvgIpc) is 3.85. The number of pyridine rings is 2. The summed E-state index contributed by atoms with van der Waals surface area (Å²) in [5, 5.41) is 9.74. The van der Waals surface area contributed by atoms with Crippen molar-refractivity contribution in [2.75, 3.05) is 0 Å². The maximum atomic E-state index is 5.27. The Morgan fingerprint density at radius 3 is 1.98 bits per heavy atom. The summed E-state index contributed by atoms with van der Waals surface area (Å²) in [6.07, 6.45) is 5.92. The number of fused-ring (bicyclic) bond motifs is 11. The highest BCUT2D eigenvalue weighted by Gasteiger charge is 2.25. The third-order valence-electron chi connectivity index (χ3n) is 11.2. The maximum Gasteiger partial charge on any atom is 0.145 e. The lowest BCUT2D eigenvalue weighted by Gasteiger charge is -2.13. The number of hydrogen-bond acceptors (Lipinski definition) is 2. The minimum atomic E-state index is 0.945. The standard InChI is InChI=1S/C48H28N4/c1-2-10-32(11-3-1)51-43-16-7-6-13-35(43)39-25-30(18-21-44(39)51)31-19-22-45-40(26-31)37-20-17-29-9-4-5-12-33(29)47(37)52(45)48-38-15-8-14-36-41-27-49-24-23-34(41)42(28-50-48)46(36)38/h1-28H. The van der Waals surface area contributed by atoms with Crippen LogP contribution in [0.2, 0.25) is 0 Å². The van der Waals surface area contributed by atoms with Gasteiger partial charge in [-0.05, 0) is 76.2 Å². The van der Waals surface area contributed by atoms with Crippen molar-refractivity contribution in [1.82, 2.24) is 19.1 Å². The zero-order valence-corrected chi connectivity index (χ0v) is 28.0. The lowest BCUT2D eigenvalue weighted by atomic mass is 10.00. The first kappa shape index (κ1) is 27.7. The van der Waals surface area contributed by atoms with Gasteiger partial charge in [0.25, 0.3) is 0 Å². The molecule has 240 valence electrons. The Kier molecular flexibility index (Phi) is 5.47. The summed E-state index contributed by atoms with van der Waals surface area (Å²) in [6, 6.07) is 55.2. The largest absolute Gasteiger partial charge is 0.309 e. The van der Waals surface area contributed by atoms with E-state index in [0.717, 1.165) is 16.7 Å². The minimum absolute atomic E-state index is 0.945. The summed E-state index contributed by atoms with van der Waals surface area (Å²) in [5.41, 5.74) is 13.0. The smallest absolute Gasteiger partial charge is 0.145 e. The lowest BCUT2D eigenvalue weighted by Crippen LogP contribution is -1.99. The quantitative estimate of drug-likeness (QED) is 0.189. The summed E-state index contributed by atoms with van der Waals surface area (Å²) in [6.45, 7) is 0. The van der Waals surface area contributed by atoms with Crippen molar-refractivity contribution in [2.24, 2.45) is 0 Å². The van der Waals surface area contributed by atoms with E-state index in [0.29, 0.717) is 0 Å². The van der Waals surface area contributed by atoms with Gasteiger partial charge in [-0.2, -0.15) is 0 Å². The molecule has 0 spiro atoms. The molecule has 0 radical (unpaired) electrons. The van der Waals surface area contributed by atoms with Gasteiger partial charge >= 0.3 is 0 Å². The van der Waals surface area contributed by atoms with Crippen LogP contribution in [0.4, 0.5) is 0 Å². The molecule has 12 rings (SSSR count). The second-order valence-electron chi connectivity index (χ2n) is 13.8. The van der Waals surface area contributed by atoms with Gasteiger partial charge in [0.1, 0.15) is 5.82 Å². The van der Waals surface area contributed by atoms with E-state index >= 15 is 0 Å². The van der Waals surface area contributed by atoms with Crippen LogP contribution in [0.3, 0.4) is 0 Å². The van der Waals surface area contributed by atoms with Crippen LogP contribution in [0.1, 0.15) is 0 Å². The predicted molar refractivity (Wildman–Crippen MR) is 216 cm³/mol. The van der Waals surface area contributed by atoms with E-state index < -0.39 is 0 Å². The Balaban J connectivity index is 1.12. The van der Waals surface area contributed by atoms with Crippen LogP contribution in [0.5, 0.6) is 0 Å². The van der Waals surface area contributed by atoms with E-state index in [1.807, 2.05) is 12.4 Å². The molecule has 4 nitrogen and oxygen atoms in total. The molecular weight excluding hydrogens is 633 g/mol. The number of benzene rings is 7. The third-order valence-corrected chi connectivity index (χ3v) is 11.2. The van der Waals surface area contributed by atoms with Crippen molar-refractivity contribution in [3.8, 4) is 44.9 Å². The second-order valence-corrected chi connectivity index (χ2v) is 13.8. The molecule has 0 amide bonds. The third kappa shape index (κ3) is 3.65. The van der Waals surface area contributed by atoms with Crippen molar-refractivity contribution < 1.29 is 0 Å². The molecular formula is C48H28N4. The Labute approximate surface area is 298 Å². The fourth-order valence-electron chi connectivity index (χ4n) is 8.93. The van der Waals surface area contributed by atoms with Crippen molar-refractivity contribution in [1.29, 1.82) is 0 Å². The van der Waals surface area contributed by atoms with E-state index in [4.69, 9.17) is 4.98 Å². The Morgan fingerprint density at radius 1 is 0.404 bits per heavy atom. The summed E-state index contributed by atoms with van der Waals surface area (Å²) in [4.78, 5) is 9.74. The van der Waals surface area contributed by atoms with Gasteiger partial charge in [-0.25, -0.2) is 4.98 Å². The highest BCUT2D eigenvalue weighted by molar-refractivity contribution is 6.22. The van der Waals surface area contributed by atoms with Crippen LogP contribution in [-0.2, 0) is 0 Å². The van der Waals surface area contributed by atoms with Crippen molar-refractivity contribution in [3.05, 3.63) is 170 Å². The Bertz CT molecular complexity index is 3260. The predicted octanol–water partition coefficient (Wildman–Crippen LogP) is 12.3. The average molecular weight is 661 g/mol. The first-order valence-electron chi connectivity index (χ1n) is 17.7. The molecule has 0 aliphatic heterocycles. The molecule has 4 heteroatoms. The highest BCUT2D eigenvalue weighted by atomic mass is 15.1. The van der Waals surface area contributed by atoms with E-state index in [9.17, 15) is 0 Å². The van der Waals surface area contributed by atoms with Crippen LogP contribution in [-0.4, -0.2) is 19.1 Å². The second kappa shape index (κ2) is 10.3. The molecule has 1 aliphatic rings. The molecule has 52 heavy (non-hydrogen) atoms. The minimum Gasteiger partial charge on any atom is -0.309 e. The van der Waals surface area contributed by atoms with Gasteiger partial charge in [-0.1, -0.05) is 103 Å². The number of hydrogen-bond donors (Lipinski definition) is 0. The monoisotopic (exact) mass is 660 g/mol. The van der Waals surface area contributed by atoms with E-state index in [1.54, 1.807) is 0 Å². The Hall–Kier alpha value is -7.04. The molecule has 0 saturated carbocycles. The van der Waals surface area contributed by atoms with Gasteiger partial charge in [0.05, 0.1) is 22.1 Å².